The minimum absolute atomic E-state index is 0.0587. The van der Waals surface area contributed by atoms with Crippen molar-refractivity contribution in [2.45, 2.75) is 25.8 Å². The van der Waals surface area contributed by atoms with E-state index < -0.39 is 5.97 Å². The molecule has 2 aromatic rings. The lowest BCUT2D eigenvalue weighted by molar-refractivity contribution is -0.143. The van der Waals surface area contributed by atoms with E-state index in [1.807, 2.05) is 18.3 Å². The van der Waals surface area contributed by atoms with Crippen molar-refractivity contribution in [3.05, 3.63) is 52.0 Å². The summed E-state index contributed by atoms with van der Waals surface area (Å²) in [5, 5.41) is 11.4. The molecule has 0 amide bonds. The highest BCUT2D eigenvalue weighted by Crippen LogP contribution is 2.35. The minimum Gasteiger partial charge on any atom is -0.481 e. The van der Waals surface area contributed by atoms with Gasteiger partial charge in [-0.3, -0.25) is 14.7 Å². The zero-order valence-electron chi connectivity index (χ0n) is 12.6. The molecule has 0 aliphatic carbocycles. The van der Waals surface area contributed by atoms with Crippen molar-refractivity contribution in [2.24, 2.45) is 5.92 Å². The monoisotopic (exact) mass is 316 g/mol. The number of hydrogen-bond acceptors (Lipinski definition) is 4. The van der Waals surface area contributed by atoms with Gasteiger partial charge in [-0.2, -0.15) is 0 Å². The highest BCUT2D eigenvalue weighted by Gasteiger charge is 2.32. The van der Waals surface area contributed by atoms with Crippen LogP contribution in [0.4, 0.5) is 0 Å². The summed E-state index contributed by atoms with van der Waals surface area (Å²) < 4.78 is 0. The SMILES string of the molecule is Cc1cccnc1C(c1cccs1)N1CCCC(C(=O)O)C1. The van der Waals surface area contributed by atoms with Gasteiger partial charge in [0.25, 0.3) is 0 Å². The van der Waals surface area contributed by atoms with Crippen LogP contribution in [0.1, 0.15) is 35.0 Å². The summed E-state index contributed by atoms with van der Waals surface area (Å²) in [6, 6.07) is 8.24. The molecule has 5 heteroatoms. The van der Waals surface area contributed by atoms with Gasteiger partial charge in [0.05, 0.1) is 17.7 Å². The Labute approximate surface area is 134 Å². The van der Waals surface area contributed by atoms with Gasteiger partial charge >= 0.3 is 5.97 Å². The van der Waals surface area contributed by atoms with E-state index >= 15 is 0 Å². The molecule has 2 atom stereocenters. The second kappa shape index (κ2) is 6.58. The molecule has 3 rings (SSSR count). The number of carboxylic acid groups (broad SMARTS) is 1. The predicted octanol–water partition coefficient (Wildman–Crippen LogP) is 3.34. The van der Waals surface area contributed by atoms with Crippen LogP contribution in [0.15, 0.2) is 35.8 Å². The van der Waals surface area contributed by atoms with E-state index in [2.05, 4.69) is 34.3 Å². The summed E-state index contributed by atoms with van der Waals surface area (Å²) in [6.07, 6.45) is 3.51. The summed E-state index contributed by atoms with van der Waals surface area (Å²) in [6.45, 7) is 3.58. The van der Waals surface area contributed by atoms with Crippen LogP contribution in [0.5, 0.6) is 0 Å². The molecule has 0 saturated carbocycles. The van der Waals surface area contributed by atoms with Gasteiger partial charge in [0, 0.05) is 17.6 Å². The molecule has 116 valence electrons. The van der Waals surface area contributed by atoms with Crippen molar-refractivity contribution in [3.63, 3.8) is 0 Å². The fraction of sp³-hybridized carbons (Fsp3) is 0.412. The van der Waals surface area contributed by atoms with E-state index in [9.17, 15) is 9.90 Å². The molecule has 2 unspecified atom stereocenters. The maximum absolute atomic E-state index is 11.4. The van der Waals surface area contributed by atoms with Crippen LogP contribution in [0.3, 0.4) is 0 Å². The van der Waals surface area contributed by atoms with Gasteiger partial charge in [-0.25, -0.2) is 0 Å². The van der Waals surface area contributed by atoms with Crippen molar-refractivity contribution >= 4 is 17.3 Å². The molecule has 1 N–H and O–H groups in total. The second-order valence-corrected chi connectivity index (χ2v) is 6.78. The van der Waals surface area contributed by atoms with Crippen LogP contribution in [0.25, 0.3) is 0 Å². The molecule has 4 nitrogen and oxygen atoms in total. The molecule has 2 aromatic heterocycles. The van der Waals surface area contributed by atoms with Crippen molar-refractivity contribution in [1.29, 1.82) is 0 Å². The molecule has 22 heavy (non-hydrogen) atoms. The number of aliphatic carboxylic acids is 1. The third kappa shape index (κ3) is 3.05. The van der Waals surface area contributed by atoms with Crippen molar-refractivity contribution in [2.75, 3.05) is 13.1 Å². The summed E-state index contributed by atoms with van der Waals surface area (Å²) in [4.78, 5) is 19.5. The van der Waals surface area contributed by atoms with Crippen LogP contribution in [-0.4, -0.2) is 34.0 Å². The van der Waals surface area contributed by atoms with Crippen molar-refractivity contribution in [1.82, 2.24) is 9.88 Å². The fourth-order valence-electron chi connectivity index (χ4n) is 3.16. The number of rotatable bonds is 4. The van der Waals surface area contributed by atoms with Gasteiger partial charge in [0.2, 0.25) is 0 Å². The van der Waals surface area contributed by atoms with Gasteiger partial charge in [0.1, 0.15) is 0 Å². The fourth-order valence-corrected chi connectivity index (χ4v) is 4.02. The Kier molecular flexibility index (Phi) is 4.55. The average molecular weight is 316 g/mol. The van der Waals surface area contributed by atoms with Crippen LogP contribution in [0, 0.1) is 12.8 Å². The molecule has 0 bridgehead atoms. The van der Waals surface area contributed by atoms with Gasteiger partial charge in [-0.15, -0.1) is 11.3 Å². The smallest absolute Gasteiger partial charge is 0.307 e. The molecule has 0 radical (unpaired) electrons. The number of aryl methyl sites for hydroxylation is 1. The molecular weight excluding hydrogens is 296 g/mol. The number of piperidine rings is 1. The number of likely N-dealkylation sites (tertiary alicyclic amines) is 1. The standard InChI is InChI=1S/C17H20N2O2S/c1-12-5-2-8-18-15(12)16(14-7-4-10-22-14)19-9-3-6-13(11-19)17(20)21/h2,4-5,7-8,10,13,16H,3,6,9,11H2,1H3,(H,20,21). The lowest BCUT2D eigenvalue weighted by Crippen LogP contribution is -2.41. The molecule has 0 aromatic carbocycles. The van der Waals surface area contributed by atoms with Gasteiger partial charge in [0.15, 0.2) is 0 Å². The zero-order valence-corrected chi connectivity index (χ0v) is 13.4. The number of aromatic nitrogens is 1. The molecule has 1 saturated heterocycles. The molecule has 3 heterocycles. The first-order valence-electron chi connectivity index (χ1n) is 7.58. The van der Waals surface area contributed by atoms with Crippen LogP contribution < -0.4 is 0 Å². The molecular formula is C17H20N2O2S. The van der Waals surface area contributed by atoms with Crippen molar-refractivity contribution < 1.29 is 9.90 Å². The first-order chi connectivity index (χ1) is 10.7. The van der Waals surface area contributed by atoms with Crippen LogP contribution >= 0.6 is 11.3 Å². The number of hydrogen-bond donors (Lipinski definition) is 1. The Balaban J connectivity index is 1.96. The highest BCUT2D eigenvalue weighted by atomic mass is 32.1. The number of nitrogens with zero attached hydrogens (tertiary/aromatic N) is 2. The Morgan fingerprint density at radius 2 is 2.32 bits per heavy atom. The third-order valence-corrected chi connectivity index (χ3v) is 5.21. The summed E-state index contributed by atoms with van der Waals surface area (Å²) >= 11 is 1.71. The molecule has 1 aliphatic rings. The largest absolute Gasteiger partial charge is 0.481 e. The first kappa shape index (κ1) is 15.2. The van der Waals surface area contributed by atoms with E-state index in [-0.39, 0.29) is 12.0 Å². The number of thiophene rings is 1. The van der Waals surface area contributed by atoms with E-state index in [0.717, 1.165) is 30.6 Å². The van der Waals surface area contributed by atoms with E-state index in [1.54, 1.807) is 11.3 Å². The van der Waals surface area contributed by atoms with E-state index in [0.29, 0.717) is 6.54 Å². The van der Waals surface area contributed by atoms with Gasteiger partial charge < -0.3 is 5.11 Å². The zero-order chi connectivity index (χ0) is 15.5. The maximum Gasteiger partial charge on any atom is 0.307 e. The van der Waals surface area contributed by atoms with Crippen LogP contribution in [0.2, 0.25) is 0 Å². The lowest BCUT2D eigenvalue weighted by atomic mass is 9.94. The Hall–Kier alpha value is -1.72. The van der Waals surface area contributed by atoms with Crippen LogP contribution in [-0.2, 0) is 4.79 Å². The topological polar surface area (TPSA) is 53.4 Å². The Bertz CT molecular complexity index is 642. The Morgan fingerprint density at radius 3 is 3.00 bits per heavy atom. The van der Waals surface area contributed by atoms with Gasteiger partial charge in [-0.05, 0) is 49.4 Å². The average Bonchev–Trinajstić information content (AvgIpc) is 3.04. The Morgan fingerprint density at radius 1 is 1.45 bits per heavy atom. The highest BCUT2D eigenvalue weighted by molar-refractivity contribution is 7.10. The van der Waals surface area contributed by atoms with E-state index in [4.69, 9.17) is 0 Å². The second-order valence-electron chi connectivity index (χ2n) is 5.80. The normalized spacial score (nSPS) is 20.7. The summed E-state index contributed by atoms with van der Waals surface area (Å²) in [7, 11) is 0. The van der Waals surface area contributed by atoms with E-state index in [1.165, 1.54) is 4.88 Å². The number of carboxylic acids is 1. The maximum atomic E-state index is 11.4. The summed E-state index contributed by atoms with van der Waals surface area (Å²) in [5.74, 6) is -0.965. The molecule has 1 fully saturated rings. The molecule has 0 spiro atoms. The molecule has 1 aliphatic heterocycles. The summed E-state index contributed by atoms with van der Waals surface area (Å²) in [5.41, 5.74) is 2.19. The quantitative estimate of drug-likeness (QED) is 0.940. The third-order valence-electron chi connectivity index (χ3n) is 4.29. The first-order valence-corrected chi connectivity index (χ1v) is 8.46. The predicted molar refractivity (Wildman–Crippen MR) is 87.1 cm³/mol. The van der Waals surface area contributed by atoms with Gasteiger partial charge in [-0.1, -0.05) is 12.1 Å². The minimum atomic E-state index is -0.688. The number of pyridine rings is 1. The van der Waals surface area contributed by atoms with Crippen molar-refractivity contribution in [3.8, 4) is 0 Å². The number of carbonyl (C=O) groups is 1. The lowest BCUT2D eigenvalue weighted by Gasteiger charge is -2.36.